The zero-order valence-corrected chi connectivity index (χ0v) is 12.6. The van der Waals surface area contributed by atoms with Gasteiger partial charge in [-0.1, -0.05) is 37.6 Å². The first-order valence-electron chi connectivity index (χ1n) is 7.60. The maximum atomic E-state index is 10.1. The van der Waals surface area contributed by atoms with Crippen LogP contribution in [0.15, 0.2) is 48.5 Å². The predicted octanol–water partition coefficient (Wildman–Crippen LogP) is 3.35. The second kappa shape index (κ2) is 6.30. The predicted molar refractivity (Wildman–Crippen MR) is 86.9 cm³/mol. The van der Waals surface area contributed by atoms with Crippen LogP contribution in [0.4, 0.5) is 0 Å². The molecule has 1 heterocycles. The number of benzene rings is 2. The Hall–Kier alpha value is -2.17. The van der Waals surface area contributed by atoms with Crippen LogP contribution < -0.4 is 0 Å². The van der Waals surface area contributed by atoms with Crippen molar-refractivity contribution >= 4 is 11.0 Å². The fraction of sp³-hybridized carbons (Fsp3) is 0.278. The molecule has 0 aliphatic rings. The molecule has 0 aliphatic carbocycles. The second-order valence-corrected chi connectivity index (χ2v) is 5.41. The summed E-state index contributed by atoms with van der Waals surface area (Å²) in [7, 11) is 0. The van der Waals surface area contributed by atoms with Crippen molar-refractivity contribution in [2.24, 2.45) is 0 Å². The SMILES string of the molecule is CCCC(O)c1ccc(-n2c(CO)nc3ccccc32)cc1. The third kappa shape index (κ3) is 2.63. The van der Waals surface area contributed by atoms with Gasteiger partial charge in [-0.15, -0.1) is 0 Å². The van der Waals surface area contributed by atoms with E-state index in [0.29, 0.717) is 5.82 Å². The van der Waals surface area contributed by atoms with Gasteiger partial charge in [0.15, 0.2) is 0 Å². The lowest BCUT2D eigenvalue weighted by Crippen LogP contribution is -2.02. The normalized spacial score (nSPS) is 12.7. The van der Waals surface area contributed by atoms with E-state index in [1.54, 1.807) is 0 Å². The van der Waals surface area contributed by atoms with Gasteiger partial charge in [0.2, 0.25) is 0 Å². The Morgan fingerprint density at radius 3 is 2.50 bits per heavy atom. The van der Waals surface area contributed by atoms with E-state index >= 15 is 0 Å². The van der Waals surface area contributed by atoms with E-state index in [0.717, 1.165) is 35.1 Å². The van der Waals surface area contributed by atoms with Crippen LogP contribution in [0.1, 0.15) is 37.3 Å². The molecule has 0 spiro atoms. The molecular weight excluding hydrogens is 276 g/mol. The maximum Gasteiger partial charge on any atom is 0.140 e. The summed E-state index contributed by atoms with van der Waals surface area (Å²) >= 11 is 0. The van der Waals surface area contributed by atoms with Crippen molar-refractivity contribution in [3.8, 4) is 5.69 Å². The lowest BCUT2D eigenvalue weighted by atomic mass is 10.1. The first-order chi connectivity index (χ1) is 10.7. The molecule has 4 heteroatoms. The molecule has 0 aliphatic heterocycles. The Bertz CT molecular complexity index is 762. The summed E-state index contributed by atoms with van der Waals surface area (Å²) in [6, 6.07) is 15.6. The summed E-state index contributed by atoms with van der Waals surface area (Å²) in [6.45, 7) is 1.94. The smallest absolute Gasteiger partial charge is 0.140 e. The third-order valence-electron chi connectivity index (χ3n) is 3.87. The van der Waals surface area contributed by atoms with E-state index in [1.807, 2.05) is 53.1 Å². The van der Waals surface area contributed by atoms with Crippen molar-refractivity contribution in [1.29, 1.82) is 0 Å². The van der Waals surface area contributed by atoms with E-state index in [2.05, 4.69) is 11.9 Å². The highest BCUT2D eigenvalue weighted by molar-refractivity contribution is 5.78. The van der Waals surface area contributed by atoms with Crippen LogP contribution in [0.2, 0.25) is 0 Å². The van der Waals surface area contributed by atoms with Crippen LogP contribution in [0, 0.1) is 0 Å². The van der Waals surface area contributed by atoms with Gasteiger partial charge in [-0.3, -0.25) is 4.57 Å². The van der Waals surface area contributed by atoms with Gasteiger partial charge < -0.3 is 10.2 Å². The molecule has 0 saturated heterocycles. The van der Waals surface area contributed by atoms with Crippen LogP contribution in [-0.2, 0) is 6.61 Å². The lowest BCUT2D eigenvalue weighted by molar-refractivity contribution is 0.166. The minimum Gasteiger partial charge on any atom is -0.388 e. The van der Waals surface area contributed by atoms with Crippen molar-refractivity contribution in [1.82, 2.24) is 9.55 Å². The molecule has 0 bridgehead atoms. The quantitative estimate of drug-likeness (QED) is 0.759. The van der Waals surface area contributed by atoms with Crippen LogP contribution in [-0.4, -0.2) is 19.8 Å². The van der Waals surface area contributed by atoms with E-state index < -0.39 is 6.10 Å². The summed E-state index contributed by atoms with van der Waals surface area (Å²) in [6.07, 6.45) is 1.29. The molecule has 0 amide bonds. The lowest BCUT2D eigenvalue weighted by Gasteiger charge is -2.12. The summed E-state index contributed by atoms with van der Waals surface area (Å²) in [4.78, 5) is 4.46. The molecule has 0 radical (unpaired) electrons. The van der Waals surface area contributed by atoms with E-state index in [4.69, 9.17) is 0 Å². The molecule has 4 nitrogen and oxygen atoms in total. The number of fused-ring (bicyclic) bond motifs is 1. The third-order valence-corrected chi connectivity index (χ3v) is 3.87. The molecule has 1 unspecified atom stereocenters. The van der Waals surface area contributed by atoms with Gasteiger partial charge in [0.25, 0.3) is 0 Å². The fourth-order valence-corrected chi connectivity index (χ4v) is 2.76. The summed E-state index contributed by atoms with van der Waals surface area (Å²) < 4.78 is 1.95. The Balaban J connectivity index is 2.04. The number of nitrogens with zero attached hydrogens (tertiary/aromatic N) is 2. The van der Waals surface area contributed by atoms with Crippen molar-refractivity contribution in [3.05, 3.63) is 59.9 Å². The highest BCUT2D eigenvalue weighted by Crippen LogP contribution is 2.24. The van der Waals surface area contributed by atoms with Gasteiger partial charge >= 0.3 is 0 Å². The van der Waals surface area contributed by atoms with Gasteiger partial charge in [0.1, 0.15) is 12.4 Å². The number of imidazole rings is 1. The highest BCUT2D eigenvalue weighted by atomic mass is 16.3. The average Bonchev–Trinajstić information content (AvgIpc) is 2.93. The topological polar surface area (TPSA) is 58.3 Å². The molecule has 0 saturated carbocycles. The minimum atomic E-state index is -0.420. The Morgan fingerprint density at radius 1 is 1.09 bits per heavy atom. The number of aliphatic hydroxyl groups excluding tert-OH is 2. The largest absolute Gasteiger partial charge is 0.388 e. The van der Waals surface area contributed by atoms with Crippen LogP contribution >= 0.6 is 0 Å². The van der Waals surface area contributed by atoms with Crippen LogP contribution in [0.25, 0.3) is 16.7 Å². The molecule has 3 rings (SSSR count). The molecule has 2 aromatic carbocycles. The Labute approximate surface area is 129 Å². The minimum absolute atomic E-state index is 0.116. The van der Waals surface area contributed by atoms with Crippen molar-refractivity contribution in [2.45, 2.75) is 32.5 Å². The van der Waals surface area contributed by atoms with E-state index in [9.17, 15) is 10.2 Å². The van der Waals surface area contributed by atoms with Crippen LogP contribution in [0.3, 0.4) is 0 Å². The first-order valence-corrected chi connectivity index (χ1v) is 7.60. The zero-order valence-electron chi connectivity index (χ0n) is 12.6. The summed E-state index contributed by atoms with van der Waals surface area (Å²) in [5, 5.41) is 19.6. The fourth-order valence-electron chi connectivity index (χ4n) is 2.76. The number of aromatic nitrogens is 2. The Morgan fingerprint density at radius 2 is 1.82 bits per heavy atom. The zero-order chi connectivity index (χ0) is 15.5. The number of para-hydroxylation sites is 2. The molecule has 0 fully saturated rings. The van der Waals surface area contributed by atoms with E-state index in [-0.39, 0.29) is 6.61 Å². The van der Waals surface area contributed by atoms with Crippen molar-refractivity contribution in [2.75, 3.05) is 0 Å². The van der Waals surface area contributed by atoms with Gasteiger partial charge in [0.05, 0.1) is 17.1 Å². The monoisotopic (exact) mass is 296 g/mol. The molecule has 1 aromatic heterocycles. The standard InChI is InChI=1S/C18H20N2O2/c1-2-5-17(22)13-8-10-14(11-9-13)20-16-7-4-3-6-15(16)19-18(20)12-21/h3-4,6-11,17,21-22H,2,5,12H2,1H3. The number of rotatable bonds is 5. The number of aliphatic hydroxyl groups is 2. The maximum absolute atomic E-state index is 10.1. The average molecular weight is 296 g/mol. The van der Waals surface area contributed by atoms with Crippen molar-refractivity contribution < 1.29 is 10.2 Å². The second-order valence-electron chi connectivity index (χ2n) is 5.41. The molecule has 114 valence electrons. The van der Waals surface area contributed by atoms with Crippen molar-refractivity contribution in [3.63, 3.8) is 0 Å². The molecule has 2 N–H and O–H groups in total. The Kier molecular flexibility index (Phi) is 4.22. The molecule has 1 atom stereocenters. The highest BCUT2D eigenvalue weighted by Gasteiger charge is 2.12. The first kappa shape index (κ1) is 14.8. The van der Waals surface area contributed by atoms with Gasteiger partial charge in [-0.2, -0.15) is 0 Å². The van der Waals surface area contributed by atoms with E-state index in [1.165, 1.54) is 0 Å². The molecular formula is C18H20N2O2. The summed E-state index contributed by atoms with van der Waals surface area (Å²) in [5.41, 5.74) is 3.68. The molecule has 3 aromatic rings. The summed E-state index contributed by atoms with van der Waals surface area (Å²) in [5.74, 6) is 0.614. The number of hydrogen-bond donors (Lipinski definition) is 2. The number of hydrogen-bond acceptors (Lipinski definition) is 3. The van der Waals surface area contributed by atoms with Gasteiger partial charge in [0, 0.05) is 5.69 Å². The van der Waals surface area contributed by atoms with Gasteiger partial charge in [-0.25, -0.2) is 4.98 Å². The molecule has 22 heavy (non-hydrogen) atoms. The van der Waals surface area contributed by atoms with Crippen LogP contribution in [0.5, 0.6) is 0 Å². The van der Waals surface area contributed by atoms with Gasteiger partial charge in [-0.05, 0) is 36.2 Å².